The van der Waals surface area contributed by atoms with Gasteiger partial charge in [-0.05, 0) is 12.8 Å². The van der Waals surface area contributed by atoms with E-state index in [1.807, 2.05) is 0 Å². The van der Waals surface area contributed by atoms with Gasteiger partial charge >= 0.3 is 5.69 Å². The zero-order chi connectivity index (χ0) is 14.4. The Balaban J connectivity index is 1.75. The van der Waals surface area contributed by atoms with E-state index in [4.69, 9.17) is 5.73 Å². The minimum Gasteiger partial charge on any atom is -0.370 e. The maximum absolute atomic E-state index is 10.5. The van der Waals surface area contributed by atoms with Crippen molar-refractivity contribution in [3.05, 3.63) is 22.5 Å². The molecule has 0 atom stereocenters. The average molecular weight is 280 g/mol. The van der Waals surface area contributed by atoms with Gasteiger partial charge in [-0.25, -0.2) is 0 Å². The van der Waals surface area contributed by atoms with E-state index >= 15 is 0 Å². The fourth-order valence-electron chi connectivity index (χ4n) is 2.34. The molecule has 0 unspecified atom stereocenters. The summed E-state index contributed by atoms with van der Waals surface area (Å²) in [6.45, 7) is 0.922. The molecule has 0 spiro atoms. The van der Waals surface area contributed by atoms with Crippen LogP contribution in [0.15, 0.2) is 17.4 Å². The van der Waals surface area contributed by atoms with E-state index in [-0.39, 0.29) is 5.69 Å². The summed E-state index contributed by atoms with van der Waals surface area (Å²) in [4.78, 5) is 14.3. The third-order valence-electron chi connectivity index (χ3n) is 3.40. The van der Waals surface area contributed by atoms with Crippen molar-refractivity contribution in [2.75, 3.05) is 6.54 Å². The number of hydrogen-bond donors (Lipinski definition) is 2. The molecule has 1 aliphatic rings. The number of aliphatic imine (C=N–C) groups is 1. The first-order chi connectivity index (χ1) is 9.65. The van der Waals surface area contributed by atoms with Gasteiger partial charge in [0.25, 0.3) is 0 Å². The molecule has 1 heterocycles. The highest BCUT2D eigenvalue weighted by molar-refractivity contribution is 5.78. The van der Waals surface area contributed by atoms with Crippen molar-refractivity contribution in [2.45, 2.75) is 44.7 Å². The van der Waals surface area contributed by atoms with Crippen LogP contribution in [0.1, 0.15) is 32.1 Å². The standard InChI is InChI=1S/C12H20N6O2/c13-12(16-10-4-2-1-3-5-10)14-6-7-17-9-11(8-15-17)18(19)20/h8-10H,1-7H2,(H3,13,14,16). The minimum atomic E-state index is -0.467. The van der Waals surface area contributed by atoms with E-state index < -0.39 is 4.92 Å². The summed E-state index contributed by atoms with van der Waals surface area (Å²) in [7, 11) is 0. The molecule has 1 aromatic rings. The Morgan fingerprint density at radius 3 is 2.95 bits per heavy atom. The molecule has 0 amide bonds. The molecule has 1 fully saturated rings. The summed E-state index contributed by atoms with van der Waals surface area (Å²) in [6, 6.07) is 0.429. The molecule has 0 saturated heterocycles. The molecule has 110 valence electrons. The van der Waals surface area contributed by atoms with Crippen LogP contribution in [0, 0.1) is 10.1 Å². The highest BCUT2D eigenvalue weighted by Crippen LogP contribution is 2.16. The molecule has 20 heavy (non-hydrogen) atoms. The Morgan fingerprint density at radius 2 is 2.30 bits per heavy atom. The maximum Gasteiger partial charge on any atom is 0.306 e. The predicted octanol–water partition coefficient (Wildman–Crippen LogP) is 1.03. The molecule has 0 aliphatic heterocycles. The van der Waals surface area contributed by atoms with Crippen LogP contribution >= 0.6 is 0 Å². The number of aromatic nitrogens is 2. The van der Waals surface area contributed by atoms with Crippen molar-refractivity contribution < 1.29 is 4.92 Å². The highest BCUT2D eigenvalue weighted by atomic mass is 16.6. The number of hydrogen-bond acceptors (Lipinski definition) is 4. The fraction of sp³-hybridized carbons (Fsp3) is 0.667. The van der Waals surface area contributed by atoms with Crippen LogP contribution < -0.4 is 11.1 Å². The van der Waals surface area contributed by atoms with Crippen LogP contribution in [-0.2, 0) is 6.54 Å². The number of guanidine groups is 1. The topological polar surface area (TPSA) is 111 Å². The first kappa shape index (κ1) is 14.3. The average Bonchev–Trinajstić information content (AvgIpc) is 2.89. The molecule has 8 heteroatoms. The van der Waals surface area contributed by atoms with Gasteiger partial charge in [-0.3, -0.25) is 19.8 Å². The smallest absolute Gasteiger partial charge is 0.306 e. The summed E-state index contributed by atoms with van der Waals surface area (Å²) in [6.07, 6.45) is 8.67. The van der Waals surface area contributed by atoms with Crippen molar-refractivity contribution in [1.82, 2.24) is 15.1 Å². The molecule has 2 rings (SSSR count). The SMILES string of the molecule is NC(=NCCn1cc([N+](=O)[O-])cn1)NC1CCCCC1. The molecular formula is C12H20N6O2. The second-order valence-electron chi connectivity index (χ2n) is 4.96. The van der Waals surface area contributed by atoms with Crippen LogP contribution in [0.2, 0.25) is 0 Å². The molecule has 3 N–H and O–H groups in total. The summed E-state index contributed by atoms with van der Waals surface area (Å²) in [5.41, 5.74) is 5.81. The van der Waals surface area contributed by atoms with Crippen LogP contribution in [0.5, 0.6) is 0 Å². The van der Waals surface area contributed by atoms with Gasteiger partial charge in [0.2, 0.25) is 0 Å². The van der Waals surface area contributed by atoms with E-state index in [1.165, 1.54) is 36.3 Å². The van der Waals surface area contributed by atoms with Gasteiger partial charge in [0, 0.05) is 6.04 Å². The van der Waals surface area contributed by atoms with Crippen molar-refractivity contribution in [1.29, 1.82) is 0 Å². The van der Waals surface area contributed by atoms with Gasteiger partial charge in [-0.15, -0.1) is 0 Å². The van der Waals surface area contributed by atoms with Crippen LogP contribution in [-0.4, -0.2) is 33.2 Å². The van der Waals surface area contributed by atoms with E-state index in [2.05, 4.69) is 15.4 Å². The quantitative estimate of drug-likeness (QED) is 0.362. The summed E-state index contributed by atoms with van der Waals surface area (Å²) < 4.78 is 1.50. The first-order valence-electron chi connectivity index (χ1n) is 6.88. The summed E-state index contributed by atoms with van der Waals surface area (Å²) in [5, 5.41) is 17.6. The number of nitrogens with zero attached hydrogens (tertiary/aromatic N) is 4. The number of nitrogens with two attached hydrogens (primary N) is 1. The Labute approximate surface area is 117 Å². The third kappa shape index (κ3) is 4.22. The number of nitro groups is 1. The van der Waals surface area contributed by atoms with Gasteiger partial charge in [-0.1, -0.05) is 19.3 Å². The molecule has 1 saturated carbocycles. The Hall–Kier alpha value is -2.12. The van der Waals surface area contributed by atoms with Gasteiger partial charge in [0.05, 0.1) is 18.0 Å². The Bertz CT molecular complexity index is 478. The second kappa shape index (κ2) is 6.88. The number of nitrogens with one attached hydrogen (secondary N) is 1. The maximum atomic E-state index is 10.5. The lowest BCUT2D eigenvalue weighted by molar-refractivity contribution is -0.385. The number of rotatable bonds is 5. The largest absolute Gasteiger partial charge is 0.370 e. The van der Waals surface area contributed by atoms with Crippen molar-refractivity contribution >= 4 is 11.6 Å². The lowest BCUT2D eigenvalue weighted by Crippen LogP contribution is -2.41. The van der Waals surface area contributed by atoms with Gasteiger partial charge in [0.15, 0.2) is 5.96 Å². The third-order valence-corrected chi connectivity index (χ3v) is 3.40. The minimum absolute atomic E-state index is 0.0118. The monoisotopic (exact) mass is 280 g/mol. The van der Waals surface area contributed by atoms with Crippen molar-refractivity contribution in [3.63, 3.8) is 0 Å². The Kier molecular flexibility index (Phi) is 4.91. The molecule has 0 aromatic carbocycles. The van der Waals surface area contributed by atoms with Gasteiger partial charge in [-0.2, -0.15) is 5.10 Å². The molecule has 0 radical (unpaired) electrons. The fourth-order valence-corrected chi connectivity index (χ4v) is 2.34. The zero-order valence-corrected chi connectivity index (χ0v) is 11.4. The summed E-state index contributed by atoms with van der Waals surface area (Å²) in [5.74, 6) is 0.443. The van der Waals surface area contributed by atoms with Gasteiger partial charge in [0.1, 0.15) is 12.4 Å². The lowest BCUT2D eigenvalue weighted by atomic mass is 9.96. The molecule has 8 nitrogen and oxygen atoms in total. The predicted molar refractivity (Wildman–Crippen MR) is 75.4 cm³/mol. The molecule has 0 bridgehead atoms. The summed E-state index contributed by atoms with van der Waals surface area (Å²) >= 11 is 0. The molecule has 1 aromatic heterocycles. The first-order valence-corrected chi connectivity index (χ1v) is 6.88. The van der Waals surface area contributed by atoms with E-state index in [9.17, 15) is 10.1 Å². The van der Waals surface area contributed by atoms with Gasteiger partial charge < -0.3 is 11.1 Å². The lowest BCUT2D eigenvalue weighted by Gasteiger charge is -2.23. The normalized spacial score (nSPS) is 17.1. The van der Waals surface area contributed by atoms with Crippen LogP contribution in [0.25, 0.3) is 0 Å². The molecule has 1 aliphatic carbocycles. The van der Waals surface area contributed by atoms with Crippen LogP contribution in [0.3, 0.4) is 0 Å². The Morgan fingerprint density at radius 1 is 1.55 bits per heavy atom. The van der Waals surface area contributed by atoms with Crippen molar-refractivity contribution in [3.8, 4) is 0 Å². The highest BCUT2D eigenvalue weighted by Gasteiger charge is 2.13. The molecular weight excluding hydrogens is 260 g/mol. The van der Waals surface area contributed by atoms with E-state index in [0.29, 0.717) is 25.1 Å². The van der Waals surface area contributed by atoms with Crippen LogP contribution in [0.4, 0.5) is 5.69 Å². The van der Waals surface area contributed by atoms with Crippen molar-refractivity contribution in [2.24, 2.45) is 10.7 Å². The zero-order valence-electron chi connectivity index (χ0n) is 11.4. The van der Waals surface area contributed by atoms with E-state index in [0.717, 1.165) is 12.8 Å². The second-order valence-corrected chi connectivity index (χ2v) is 4.96. The van der Waals surface area contributed by atoms with E-state index in [1.54, 1.807) is 0 Å².